The summed E-state index contributed by atoms with van der Waals surface area (Å²) in [4.78, 5) is 4.61. The van der Waals surface area contributed by atoms with Gasteiger partial charge in [-0.15, -0.1) is 11.3 Å². The minimum absolute atomic E-state index is 0.554. The lowest BCUT2D eigenvalue weighted by molar-refractivity contribution is 0.866. The number of nitrogens with zero attached hydrogens (tertiary/aromatic N) is 1. The van der Waals surface area contributed by atoms with Crippen LogP contribution in [0.25, 0.3) is 10.6 Å². The predicted molar refractivity (Wildman–Crippen MR) is 78.8 cm³/mol. The first-order valence-corrected chi connectivity index (χ1v) is 7.34. The van der Waals surface area contributed by atoms with Crippen LogP contribution in [0.3, 0.4) is 0 Å². The molecule has 0 saturated carbocycles. The van der Waals surface area contributed by atoms with Gasteiger partial charge < -0.3 is 0 Å². The Kier molecular flexibility index (Phi) is 3.69. The average molecular weight is 310 g/mol. The molecule has 1 aromatic carbocycles. The summed E-state index contributed by atoms with van der Waals surface area (Å²) < 4.78 is 1.13. The summed E-state index contributed by atoms with van der Waals surface area (Å²) in [5.74, 6) is 0.554. The molecule has 0 N–H and O–H groups in total. The Morgan fingerprint density at radius 3 is 2.47 bits per heavy atom. The van der Waals surface area contributed by atoms with Gasteiger partial charge in [0.1, 0.15) is 5.01 Å². The van der Waals surface area contributed by atoms with Crippen LogP contribution in [0.4, 0.5) is 0 Å². The largest absolute Gasteiger partial charge is 0.240 e. The van der Waals surface area contributed by atoms with E-state index in [1.54, 1.807) is 11.3 Å². The van der Waals surface area contributed by atoms with Crippen LogP contribution in [-0.4, -0.2) is 4.98 Å². The fraction of sp³-hybridized carbons (Fsp3) is 0.357. The van der Waals surface area contributed by atoms with E-state index in [0.29, 0.717) is 5.92 Å². The minimum Gasteiger partial charge on any atom is -0.240 e. The Morgan fingerprint density at radius 2 is 1.94 bits per heavy atom. The number of aromatic nitrogens is 1. The maximum Gasteiger partial charge on any atom is 0.124 e. The molecule has 1 aromatic heterocycles. The minimum atomic E-state index is 0.554. The summed E-state index contributed by atoms with van der Waals surface area (Å²) in [5, 5.41) is 1.11. The number of thiazole rings is 1. The molecule has 3 heteroatoms. The van der Waals surface area contributed by atoms with Crippen molar-refractivity contribution in [2.24, 2.45) is 0 Å². The summed E-state index contributed by atoms with van der Waals surface area (Å²) in [6.45, 7) is 8.62. The maximum absolute atomic E-state index is 4.61. The van der Waals surface area contributed by atoms with Crippen LogP contribution in [0, 0.1) is 13.8 Å². The van der Waals surface area contributed by atoms with E-state index in [1.807, 2.05) is 6.92 Å². The molecule has 1 nitrogen and oxygen atoms in total. The SMILES string of the molecule is Cc1ccc(C(C)C)cc1-c1nc(C)c(Br)s1. The molecular weight excluding hydrogens is 294 g/mol. The highest BCUT2D eigenvalue weighted by Crippen LogP contribution is 2.34. The maximum atomic E-state index is 4.61. The highest BCUT2D eigenvalue weighted by atomic mass is 79.9. The Balaban J connectivity index is 2.54. The zero-order valence-corrected chi connectivity index (χ0v) is 12.9. The molecule has 90 valence electrons. The molecule has 0 bridgehead atoms. The molecule has 2 rings (SSSR count). The first-order chi connectivity index (χ1) is 7.99. The smallest absolute Gasteiger partial charge is 0.124 e. The lowest BCUT2D eigenvalue weighted by Crippen LogP contribution is -1.90. The molecule has 17 heavy (non-hydrogen) atoms. The fourth-order valence-corrected chi connectivity index (χ4v) is 3.15. The summed E-state index contributed by atoms with van der Waals surface area (Å²) in [5.41, 5.74) is 4.99. The summed E-state index contributed by atoms with van der Waals surface area (Å²) >= 11 is 5.25. The third-order valence-electron chi connectivity index (χ3n) is 2.90. The lowest BCUT2D eigenvalue weighted by atomic mass is 9.98. The van der Waals surface area contributed by atoms with Crippen molar-refractivity contribution in [3.8, 4) is 10.6 Å². The summed E-state index contributed by atoms with van der Waals surface area (Å²) in [7, 11) is 0. The first-order valence-electron chi connectivity index (χ1n) is 5.73. The molecule has 1 heterocycles. The molecule has 2 aromatic rings. The predicted octanol–water partition coefficient (Wildman–Crippen LogP) is 5.31. The van der Waals surface area contributed by atoms with Gasteiger partial charge in [-0.2, -0.15) is 0 Å². The topological polar surface area (TPSA) is 12.9 Å². The third-order valence-corrected chi connectivity index (χ3v) is 4.94. The van der Waals surface area contributed by atoms with E-state index >= 15 is 0 Å². The van der Waals surface area contributed by atoms with E-state index in [9.17, 15) is 0 Å². The molecule has 0 fully saturated rings. The van der Waals surface area contributed by atoms with Crippen LogP contribution in [0.1, 0.15) is 36.6 Å². The van der Waals surface area contributed by atoms with E-state index < -0.39 is 0 Å². The fourth-order valence-electron chi connectivity index (χ4n) is 1.72. The second-order valence-corrected chi connectivity index (χ2v) is 6.92. The van der Waals surface area contributed by atoms with Gasteiger partial charge in [-0.3, -0.25) is 0 Å². The van der Waals surface area contributed by atoms with Crippen LogP contribution >= 0.6 is 27.3 Å². The van der Waals surface area contributed by atoms with Crippen LogP contribution in [0.2, 0.25) is 0 Å². The Labute approximate surface area is 115 Å². The van der Waals surface area contributed by atoms with Crippen molar-refractivity contribution >= 4 is 27.3 Å². The quantitative estimate of drug-likeness (QED) is 0.732. The molecule has 0 aliphatic carbocycles. The Hall–Kier alpha value is -0.670. The van der Waals surface area contributed by atoms with Crippen molar-refractivity contribution in [3.63, 3.8) is 0 Å². The van der Waals surface area contributed by atoms with Gasteiger partial charge in [-0.05, 0) is 52.9 Å². The Morgan fingerprint density at radius 1 is 1.24 bits per heavy atom. The molecule has 0 radical (unpaired) electrons. The van der Waals surface area contributed by atoms with Crippen molar-refractivity contribution < 1.29 is 0 Å². The molecule has 0 amide bonds. The Bertz CT molecular complexity index is 524. The van der Waals surface area contributed by atoms with Crippen LogP contribution in [0.5, 0.6) is 0 Å². The normalized spacial score (nSPS) is 11.2. The van der Waals surface area contributed by atoms with Gasteiger partial charge in [-0.25, -0.2) is 4.98 Å². The van der Waals surface area contributed by atoms with Crippen molar-refractivity contribution in [1.82, 2.24) is 4.98 Å². The number of hydrogen-bond acceptors (Lipinski definition) is 2. The molecule has 0 aliphatic rings. The van der Waals surface area contributed by atoms with E-state index in [0.717, 1.165) is 14.5 Å². The summed E-state index contributed by atoms with van der Waals surface area (Å²) in [6, 6.07) is 6.67. The van der Waals surface area contributed by atoms with Gasteiger partial charge in [0.2, 0.25) is 0 Å². The zero-order valence-electron chi connectivity index (χ0n) is 10.5. The van der Waals surface area contributed by atoms with E-state index in [-0.39, 0.29) is 0 Å². The summed E-state index contributed by atoms with van der Waals surface area (Å²) in [6.07, 6.45) is 0. The first kappa shape index (κ1) is 12.8. The average Bonchev–Trinajstić information content (AvgIpc) is 2.59. The van der Waals surface area contributed by atoms with Crippen molar-refractivity contribution in [1.29, 1.82) is 0 Å². The van der Waals surface area contributed by atoms with Crippen molar-refractivity contribution in [2.75, 3.05) is 0 Å². The van der Waals surface area contributed by atoms with Gasteiger partial charge in [0, 0.05) is 5.56 Å². The molecule has 0 spiro atoms. The molecule has 0 saturated heterocycles. The molecule has 0 aliphatic heterocycles. The lowest BCUT2D eigenvalue weighted by Gasteiger charge is -2.09. The van der Waals surface area contributed by atoms with Gasteiger partial charge in [0.15, 0.2) is 0 Å². The van der Waals surface area contributed by atoms with Gasteiger partial charge in [0.25, 0.3) is 0 Å². The molecule has 0 atom stereocenters. The monoisotopic (exact) mass is 309 g/mol. The number of benzene rings is 1. The highest BCUT2D eigenvalue weighted by molar-refractivity contribution is 9.11. The molecule has 0 unspecified atom stereocenters. The molecular formula is C14H16BrNS. The van der Waals surface area contributed by atoms with Crippen molar-refractivity contribution in [2.45, 2.75) is 33.6 Å². The van der Waals surface area contributed by atoms with Crippen LogP contribution < -0.4 is 0 Å². The number of rotatable bonds is 2. The van der Waals surface area contributed by atoms with Gasteiger partial charge >= 0.3 is 0 Å². The number of halogens is 1. The van der Waals surface area contributed by atoms with Crippen LogP contribution in [0.15, 0.2) is 22.0 Å². The van der Waals surface area contributed by atoms with E-state index in [1.165, 1.54) is 16.7 Å². The van der Waals surface area contributed by atoms with E-state index in [4.69, 9.17) is 0 Å². The number of aryl methyl sites for hydroxylation is 2. The van der Waals surface area contributed by atoms with E-state index in [2.05, 4.69) is 59.9 Å². The third kappa shape index (κ3) is 2.61. The zero-order chi connectivity index (χ0) is 12.6. The van der Waals surface area contributed by atoms with Crippen molar-refractivity contribution in [3.05, 3.63) is 38.8 Å². The van der Waals surface area contributed by atoms with Crippen LogP contribution in [-0.2, 0) is 0 Å². The number of hydrogen-bond donors (Lipinski definition) is 0. The second kappa shape index (κ2) is 4.91. The van der Waals surface area contributed by atoms with Gasteiger partial charge in [-0.1, -0.05) is 26.0 Å². The standard InChI is InChI=1S/C14H16BrNS/c1-8(2)11-6-5-9(3)12(7-11)14-16-10(4)13(15)17-14/h5-8H,1-4H3. The van der Waals surface area contributed by atoms with Gasteiger partial charge in [0.05, 0.1) is 9.48 Å². The highest BCUT2D eigenvalue weighted by Gasteiger charge is 2.11. The second-order valence-electron chi connectivity index (χ2n) is 4.61.